The number of likely N-dealkylation sites (tertiary alicyclic amines) is 1. The number of rotatable bonds is 6. The number of H-pyrrole nitrogens is 1. The minimum absolute atomic E-state index is 0.00811. The topological polar surface area (TPSA) is 87.1 Å². The standard InChI is InChI=1S/C23H34N6O2/c1-3-12-29-15-11-20(26-29)23(31)28-13-9-17(10-14-28)21-19(16-24-25-21)22(30)27(2)18-7-5-4-6-8-18/h11,15-18H,3-10,12-14H2,1-2H3,(H,24,25). The van der Waals surface area contributed by atoms with E-state index in [4.69, 9.17) is 0 Å². The van der Waals surface area contributed by atoms with Crippen molar-refractivity contribution in [3.8, 4) is 0 Å². The Kier molecular flexibility index (Phi) is 6.73. The van der Waals surface area contributed by atoms with Crippen LogP contribution in [0.1, 0.15) is 90.7 Å². The fourth-order valence-corrected chi connectivity index (χ4v) is 4.96. The molecule has 1 saturated carbocycles. The van der Waals surface area contributed by atoms with Gasteiger partial charge in [-0.05, 0) is 38.2 Å². The summed E-state index contributed by atoms with van der Waals surface area (Å²) in [5.41, 5.74) is 2.13. The number of hydrogen-bond acceptors (Lipinski definition) is 4. The largest absolute Gasteiger partial charge is 0.339 e. The quantitative estimate of drug-likeness (QED) is 0.766. The van der Waals surface area contributed by atoms with E-state index in [0.717, 1.165) is 44.3 Å². The summed E-state index contributed by atoms with van der Waals surface area (Å²) >= 11 is 0. The van der Waals surface area contributed by atoms with Crippen LogP contribution in [0.25, 0.3) is 0 Å². The van der Waals surface area contributed by atoms with Crippen molar-refractivity contribution in [2.45, 2.75) is 76.8 Å². The summed E-state index contributed by atoms with van der Waals surface area (Å²) < 4.78 is 1.82. The van der Waals surface area contributed by atoms with Crippen molar-refractivity contribution >= 4 is 11.8 Å². The lowest BCUT2D eigenvalue weighted by atomic mass is 9.90. The number of aryl methyl sites for hydroxylation is 1. The van der Waals surface area contributed by atoms with Crippen LogP contribution in [-0.2, 0) is 6.54 Å². The molecule has 1 N–H and O–H groups in total. The van der Waals surface area contributed by atoms with E-state index >= 15 is 0 Å². The SMILES string of the molecule is CCCn1ccc(C(=O)N2CCC(c3[nH]ncc3C(=O)N(C)C3CCCCC3)CC2)n1. The molecule has 1 aliphatic heterocycles. The van der Waals surface area contributed by atoms with Crippen molar-refractivity contribution in [3.63, 3.8) is 0 Å². The Bertz CT molecular complexity index is 890. The van der Waals surface area contributed by atoms with Gasteiger partial charge in [0.2, 0.25) is 0 Å². The molecule has 2 amide bonds. The minimum Gasteiger partial charge on any atom is -0.339 e. The highest BCUT2D eigenvalue weighted by Gasteiger charge is 2.31. The fraction of sp³-hybridized carbons (Fsp3) is 0.652. The summed E-state index contributed by atoms with van der Waals surface area (Å²) in [7, 11) is 1.92. The molecule has 31 heavy (non-hydrogen) atoms. The predicted octanol–water partition coefficient (Wildman–Crippen LogP) is 3.44. The molecule has 4 rings (SSSR count). The van der Waals surface area contributed by atoms with Gasteiger partial charge in [0, 0.05) is 44.8 Å². The number of aromatic nitrogens is 4. The molecule has 0 spiro atoms. The summed E-state index contributed by atoms with van der Waals surface area (Å²) in [6.07, 6.45) is 12.0. The zero-order valence-electron chi connectivity index (χ0n) is 18.7. The van der Waals surface area contributed by atoms with Gasteiger partial charge in [0.25, 0.3) is 11.8 Å². The zero-order chi connectivity index (χ0) is 21.8. The summed E-state index contributed by atoms with van der Waals surface area (Å²) in [5, 5.41) is 11.7. The number of piperidine rings is 1. The lowest BCUT2D eigenvalue weighted by molar-refractivity contribution is 0.0679. The predicted molar refractivity (Wildman–Crippen MR) is 118 cm³/mol. The van der Waals surface area contributed by atoms with Crippen LogP contribution in [0.2, 0.25) is 0 Å². The molecule has 3 heterocycles. The normalized spacial score (nSPS) is 18.3. The molecule has 168 valence electrons. The number of nitrogens with zero attached hydrogens (tertiary/aromatic N) is 5. The molecule has 2 fully saturated rings. The van der Waals surface area contributed by atoms with Crippen LogP contribution < -0.4 is 0 Å². The first-order valence-electron chi connectivity index (χ1n) is 11.7. The molecule has 8 heteroatoms. The molecule has 2 aliphatic rings. The molecular weight excluding hydrogens is 392 g/mol. The van der Waals surface area contributed by atoms with Gasteiger partial charge in [0.1, 0.15) is 5.69 Å². The molecule has 0 bridgehead atoms. The molecule has 0 unspecified atom stereocenters. The van der Waals surface area contributed by atoms with Crippen LogP contribution in [0.3, 0.4) is 0 Å². The van der Waals surface area contributed by atoms with Crippen molar-refractivity contribution in [1.29, 1.82) is 0 Å². The van der Waals surface area contributed by atoms with E-state index in [1.54, 1.807) is 12.3 Å². The van der Waals surface area contributed by atoms with Gasteiger partial charge in [-0.1, -0.05) is 26.2 Å². The smallest absolute Gasteiger partial charge is 0.274 e. The highest BCUT2D eigenvalue weighted by Crippen LogP contribution is 2.31. The van der Waals surface area contributed by atoms with E-state index in [9.17, 15) is 9.59 Å². The summed E-state index contributed by atoms with van der Waals surface area (Å²) in [6, 6.07) is 2.13. The molecule has 0 radical (unpaired) electrons. The van der Waals surface area contributed by atoms with Gasteiger partial charge in [-0.2, -0.15) is 10.2 Å². The Hall–Kier alpha value is -2.64. The third-order valence-corrected chi connectivity index (χ3v) is 6.84. The average Bonchev–Trinajstić information content (AvgIpc) is 3.49. The third-order valence-electron chi connectivity index (χ3n) is 6.84. The van der Waals surface area contributed by atoms with Crippen molar-refractivity contribution in [1.82, 2.24) is 29.8 Å². The van der Waals surface area contributed by atoms with E-state index in [-0.39, 0.29) is 17.7 Å². The highest BCUT2D eigenvalue weighted by atomic mass is 16.2. The Morgan fingerprint density at radius 2 is 1.90 bits per heavy atom. The first-order chi connectivity index (χ1) is 15.1. The molecule has 0 atom stereocenters. The maximum atomic E-state index is 13.2. The van der Waals surface area contributed by atoms with Crippen molar-refractivity contribution in [2.75, 3.05) is 20.1 Å². The fourth-order valence-electron chi connectivity index (χ4n) is 4.96. The lowest BCUT2D eigenvalue weighted by Gasteiger charge is -2.33. The first kappa shape index (κ1) is 21.6. The maximum absolute atomic E-state index is 13.2. The van der Waals surface area contributed by atoms with Crippen molar-refractivity contribution in [2.24, 2.45) is 0 Å². The molecular formula is C23H34N6O2. The number of aromatic amines is 1. The van der Waals surface area contributed by atoms with E-state index in [0.29, 0.717) is 30.4 Å². The molecule has 0 aromatic carbocycles. The second kappa shape index (κ2) is 9.66. The Morgan fingerprint density at radius 3 is 2.61 bits per heavy atom. The first-order valence-corrected chi connectivity index (χ1v) is 11.7. The highest BCUT2D eigenvalue weighted by molar-refractivity contribution is 5.95. The van der Waals surface area contributed by atoms with Gasteiger partial charge in [-0.25, -0.2) is 0 Å². The van der Waals surface area contributed by atoms with Gasteiger partial charge in [0.05, 0.1) is 17.5 Å². The van der Waals surface area contributed by atoms with Crippen LogP contribution in [0.15, 0.2) is 18.5 Å². The van der Waals surface area contributed by atoms with E-state index in [1.165, 1.54) is 19.3 Å². The average molecular weight is 427 g/mol. The second-order valence-electron chi connectivity index (χ2n) is 8.94. The monoisotopic (exact) mass is 426 g/mol. The Balaban J connectivity index is 1.37. The number of amides is 2. The summed E-state index contributed by atoms with van der Waals surface area (Å²) in [6.45, 7) is 4.24. The molecule has 2 aromatic rings. The lowest BCUT2D eigenvalue weighted by Crippen LogP contribution is -2.40. The van der Waals surface area contributed by atoms with E-state index < -0.39 is 0 Å². The van der Waals surface area contributed by atoms with Crippen molar-refractivity contribution < 1.29 is 9.59 Å². The molecule has 1 aliphatic carbocycles. The van der Waals surface area contributed by atoms with Crippen LogP contribution in [-0.4, -0.2) is 67.8 Å². The van der Waals surface area contributed by atoms with Gasteiger partial charge in [0.15, 0.2) is 0 Å². The number of carbonyl (C=O) groups excluding carboxylic acids is 2. The second-order valence-corrected chi connectivity index (χ2v) is 8.94. The van der Waals surface area contributed by atoms with Gasteiger partial charge in [-0.15, -0.1) is 0 Å². The maximum Gasteiger partial charge on any atom is 0.274 e. The van der Waals surface area contributed by atoms with Crippen LogP contribution >= 0.6 is 0 Å². The zero-order valence-corrected chi connectivity index (χ0v) is 18.7. The number of hydrogen-bond donors (Lipinski definition) is 1. The van der Waals surface area contributed by atoms with Gasteiger partial charge in [-0.3, -0.25) is 19.4 Å². The number of nitrogens with one attached hydrogen (secondary N) is 1. The third kappa shape index (κ3) is 4.67. The van der Waals surface area contributed by atoms with Gasteiger partial charge < -0.3 is 9.80 Å². The van der Waals surface area contributed by atoms with Crippen LogP contribution in [0.4, 0.5) is 0 Å². The van der Waals surface area contributed by atoms with Crippen LogP contribution in [0.5, 0.6) is 0 Å². The Morgan fingerprint density at radius 1 is 1.16 bits per heavy atom. The summed E-state index contributed by atoms with van der Waals surface area (Å²) in [4.78, 5) is 29.8. The van der Waals surface area contributed by atoms with Gasteiger partial charge >= 0.3 is 0 Å². The molecule has 2 aromatic heterocycles. The molecule has 1 saturated heterocycles. The number of carbonyl (C=O) groups is 2. The molecule has 8 nitrogen and oxygen atoms in total. The van der Waals surface area contributed by atoms with Crippen molar-refractivity contribution in [3.05, 3.63) is 35.4 Å². The van der Waals surface area contributed by atoms with E-state index in [2.05, 4.69) is 22.2 Å². The summed E-state index contributed by atoms with van der Waals surface area (Å²) in [5.74, 6) is 0.268. The Labute approximate surface area is 184 Å². The van der Waals surface area contributed by atoms with E-state index in [1.807, 2.05) is 27.7 Å². The minimum atomic E-state index is -0.00811. The van der Waals surface area contributed by atoms with Crippen LogP contribution in [0, 0.1) is 0 Å².